The van der Waals surface area contributed by atoms with Crippen LogP contribution in [0.3, 0.4) is 0 Å². The number of aliphatic carboxylic acids is 1. The predicted octanol–water partition coefficient (Wildman–Crippen LogP) is 0.919. The van der Waals surface area contributed by atoms with Gasteiger partial charge in [0.1, 0.15) is 0 Å². The van der Waals surface area contributed by atoms with Gasteiger partial charge in [-0.25, -0.2) is 4.79 Å². The van der Waals surface area contributed by atoms with E-state index >= 15 is 0 Å². The lowest BCUT2D eigenvalue weighted by Crippen LogP contribution is -2.39. The summed E-state index contributed by atoms with van der Waals surface area (Å²) >= 11 is 0. The topological polar surface area (TPSA) is 57.6 Å². The summed E-state index contributed by atoms with van der Waals surface area (Å²) in [6.07, 6.45) is 0.311. The molecule has 0 aliphatic carbocycles. The Bertz CT molecular complexity index is 388. The zero-order valence-electron chi connectivity index (χ0n) is 8.09. The van der Waals surface area contributed by atoms with Crippen LogP contribution in [0.4, 0.5) is 5.69 Å². The largest absolute Gasteiger partial charge is 0.479 e. The van der Waals surface area contributed by atoms with Crippen molar-refractivity contribution < 1.29 is 14.7 Å². The molecular formula is C11H11NO3. The minimum Gasteiger partial charge on any atom is -0.479 e. The SMILES string of the molecule is O=C(O)[C@@H]1C(=O)CCN1c1ccccc1. The highest BCUT2D eigenvalue weighted by molar-refractivity contribution is 6.07. The monoisotopic (exact) mass is 205 g/mol. The Hall–Kier alpha value is -1.84. The molecule has 1 atom stereocenters. The van der Waals surface area contributed by atoms with Crippen molar-refractivity contribution in [3.8, 4) is 0 Å². The van der Waals surface area contributed by atoms with Crippen LogP contribution < -0.4 is 4.90 Å². The number of rotatable bonds is 2. The first-order chi connectivity index (χ1) is 7.20. The standard InChI is InChI=1S/C11H11NO3/c13-9-6-7-12(10(9)11(14)15)8-4-2-1-3-5-8/h1-5,10H,6-7H2,(H,14,15)/t10-/m0/s1. The molecule has 0 saturated carbocycles. The van der Waals surface area contributed by atoms with Crippen molar-refractivity contribution in [1.82, 2.24) is 0 Å². The highest BCUT2D eigenvalue weighted by atomic mass is 16.4. The van der Waals surface area contributed by atoms with Gasteiger partial charge < -0.3 is 10.0 Å². The second kappa shape index (κ2) is 3.73. The number of hydrogen-bond donors (Lipinski definition) is 1. The van der Waals surface area contributed by atoms with Crippen LogP contribution in [0.5, 0.6) is 0 Å². The maximum Gasteiger partial charge on any atom is 0.334 e. The fraction of sp³-hybridized carbons (Fsp3) is 0.273. The molecule has 15 heavy (non-hydrogen) atoms. The molecule has 4 heteroatoms. The Morgan fingerprint density at radius 1 is 1.33 bits per heavy atom. The lowest BCUT2D eigenvalue weighted by Gasteiger charge is -2.22. The van der Waals surface area contributed by atoms with Gasteiger partial charge in [0.2, 0.25) is 0 Å². The number of Topliss-reactive ketones (excluding diaryl/α,β-unsaturated/α-hetero) is 1. The highest BCUT2D eigenvalue weighted by Crippen LogP contribution is 2.23. The van der Waals surface area contributed by atoms with Gasteiger partial charge in [-0.15, -0.1) is 0 Å². The van der Waals surface area contributed by atoms with Crippen LogP contribution in [0.1, 0.15) is 6.42 Å². The molecule has 1 fully saturated rings. The third-order valence-electron chi connectivity index (χ3n) is 2.54. The maximum atomic E-state index is 11.4. The van der Waals surface area contributed by atoms with Crippen LogP contribution >= 0.6 is 0 Å². The van der Waals surface area contributed by atoms with Crippen molar-refractivity contribution in [3.05, 3.63) is 30.3 Å². The number of ketones is 1. The third kappa shape index (κ3) is 1.70. The minimum atomic E-state index is -1.07. The smallest absolute Gasteiger partial charge is 0.334 e. The number of carboxylic acids is 1. The molecule has 1 heterocycles. The van der Waals surface area contributed by atoms with Gasteiger partial charge in [-0.3, -0.25) is 4.79 Å². The van der Waals surface area contributed by atoms with Crippen molar-refractivity contribution in [2.45, 2.75) is 12.5 Å². The maximum absolute atomic E-state index is 11.4. The van der Waals surface area contributed by atoms with Crippen LogP contribution in [-0.4, -0.2) is 29.4 Å². The molecule has 0 spiro atoms. The van der Waals surface area contributed by atoms with E-state index in [2.05, 4.69) is 0 Å². The molecule has 78 valence electrons. The van der Waals surface area contributed by atoms with Crippen molar-refractivity contribution in [3.63, 3.8) is 0 Å². The summed E-state index contributed by atoms with van der Waals surface area (Å²) in [5, 5.41) is 8.95. The van der Waals surface area contributed by atoms with E-state index in [0.29, 0.717) is 13.0 Å². The summed E-state index contributed by atoms with van der Waals surface area (Å²) in [5.74, 6) is -1.28. The number of anilines is 1. The molecule has 1 aliphatic heterocycles. The van der Waals surface area contributed by atoms with E-state index in [1.165, 1.54) is 0 Å². The fourth-order valence-corrected chi connectivity index (χ4v) is 1.84. The summed E-state index contributed by atoms with van der Waals surface area (Å²) in [4.78, 5) is 23.9. The van der Waals surface area contributed by atoms with Crippen LogP contribution in [0.15, 0.2) is 30.3 Å². The molecular weight excluding hydrogens is 194 g/mol. The van der Waals surface area contributed by atoms with Gasteiger partial charge in [-0.2, -0.15) is 0 Å². The molecule has 0 unspecified atom stereocenters. The van der Waals surface area contributed by atoms with Crippen LogP contribution in [0.2, 0.25) is 0 Å². The zero-order valence-corrected chi connectivity index (χ0v) is 8.09. The van der Waals surface area contributed by atoms with E-state index in [1.54, 1.807) is 4.90 Å². The van der Waals surface area contributed by atoms with Crippen LogP contribution in [-0.2, 0) is 9.59 Å². The van der Waals surface area contributed by atoms with Gasteiger partial charge in [0, 0.05) is 18.7 Å². The van der Waals surface area contributed by atoms with Gasteiger partial charge in [0.15, 0.2) is 11.8 Å². The number of carboxylic acid groups (broad SMARTS) is 1. The van der Waals surface area contributed by atoms with Gasteiger partial charge in [0.25, 0.3) is 0 Å². The molecule has 1 saturated heterocycles. The third-order valence-corrected chi connectivity index (χ3v) is 2.54. The lowest BCUT2D eigenvalue weighted by molar-refractivity contribution is -0.141. The Morgan fingerprint density at radius 2 is 2.00 bits per heavy atom. The Kier molecular flexibility index (Phi) is 2.41. The average Bonchev–Trinajstić information content (AvgIpc) is 2.61. The van der Waals surface area contributed by atoms with Crippen molar-refractivity contribution in [2.75, 3.05) is 11.4 Å². The van der Waals surface area contributed by atoms with Gasteiger partial charge in [-0.1, -0.05) is 18.2 Å². The van der Waals surface area contributed by atoms with E-state index in [9.17, 15) is 9.59 Å². The summed E-state index contributed by atoms with van der Waals surface area (Å²) < 4.78 is 0. The quantitative estimate of drug-likeness (QED) is 0.729. The first kappa shape index (κ1) is 9.71. The van der Waals surface area contributed by atoms with E-state index in [1.807, 2.05) is 30.3 Å². The molecule has 1 aromatic rings. The van der Waals surface area contributed by atoms with E-state index in [0.717, 1.165) is 5.69 Å². The molecule has 0 radical (unpaired) electrons. The van der Waals surface area contributed by atoms with Crippen LogP contribution in [0.25, 0.3) is 0 Å². The first-order valence-electron chi connectivity index (χ1n) is 4.77. The molecule has 2 rings (SSSR count). The summed E-state index contributed by atoms with van der Waals surface area (Å²) in [6.45, 7) is 0.486. The second-order valence-corrected chi connectivity index (χ2v) is 3.49. The molecule has 0 bridgehead atoms. The summed E-state index contributed by atoms with van der Waals surface area (Å²) in [5.41, 5.74) is 0.788. The molecule has 0 aromatic heterocycles. The average molecular weight is 205 g/mol. The predicted molar refractivity (Wildman–Crippen MR) is 54.8 cm³/mol. The van der Waals surface area contributed by atoms with Crippen molar-refractivity contribution in [2.24, 2.45) is 0 Å². The van der Waals surface area contributed by atoms with Gasteiger partial charge in [0.05, 0.1) is 0 Å². The zero-order chi connectivity index (χ0) is 10.8. The first-order valence-corrected chi connectivity index (χ1v) is 4.77. The second-order valence-electron chi connectivity index (χ2n) is 3.49. The van der Waals surface area contributed by atoms with Gasteiger partial charge in [-0.05, 0) is 12.1 Å². The number of carbonyl (C=O) groups excluding carboxylic acids is 1. The Labute approximate surface area is 87.1 Å². The summed E-state index contributed by atoms with van der Waals surface area (Å²) in [7, 11) is 0. The van der Waals surface area contributed by atoms with E-state index in [-0.39, 0.29) is 5.78 Å². The van der Waals surface area contributed by atoms with Crippen molar-refractivity contribution >= 4 is 17.4 Å². The fourth-order valence-electron chi connectivity index (χ4n) is 1.84. The number of para-hydroxylation sites is 1. The van der Waals surface area contributed by atoms with Crippen LogP contribution in [0, 0.1) is 0 Å². The molecule has 1 N–H and O–H groups in total. The normalized spacial score (nSPS) is 20.7. The molecule has 1 aliphatic rings. The number of carbonyl (C=O) groups is 2. The molecule has 0 amide bonds. The number of benzene rings is 1. The lowest BCUT2D eigenvalue weighted by atomic mass is 10.2. The Morgan fingerprint density at radius 3 is 2.60 bits per heavy atom. The molecule has 4 nitrogen and oxygen atoms in total. The number of hydrogen-bond acceptors (Lipinski definition) is 3. The number of nitrogens with zero attached hydrogens (tertiary/aromatic N) is 1. The van der Waals surface area contributed by atoms with E-state index < -0.39 is 12.0 Å². The Balaban J connectivity index is 2.30. The summed E-state index contributed by atoms with van der Waals surface area (Å²) in [6, 6.07) is 8.14. The van der Waals surface area contributed by atoms with E-state index in [4.69, 9.17) is 5.11 Å². The molecule has 1 aromatic carbocycles. The van der Waals surface area contributed by atoms with Crippen molar-refractivity contribution in [1.29, 1.82) is 0 Å². The highest BCUT2D eigenvalue weighted by Gasteiger charge is 2.37. The van der Waals surface area contributed by atoms with Gasteiger partial charge >= 0.3 is 5.97 Å². The minimum absolute atomic E-state index is 0.216.